The maximum absolute atomic E-state index is 14.5. The number of hydrogen-bond donors (Lipinski definition) is 1. The van der Waals surface area contributed by atoms with Gasteiger partial charge in [0.05, 0.1) is 11.1 Å². The summed E-state index contributed by atoms with van der Waals surface area (Å²) in [5.74, 6) is -87.9. The van der Waals surface area contributed by atoms with Crippen molar-refractivity contribution in [3.05, 3.63) is 28.8 Å². The molecule has 0 bridgehead atoms. The van der Waals surface area contributed by atoms with Crippen LogP contribution in [0.25, 0.3) is 0 Å². The molecular weight excluding hydrogens is 754 g/mol. The normalized spacial score (nSPS) is 16.0. The minimum Gasteiger partial charge on any atom is -0.507 e. The van der Waals surface area contributed by atoms with E-state index in [1.807, 2.05) is 0 Å². The molecule has 274 valence electrons. The molecule has 0 aliphatic rings. The lowest BCUT2D eigenvalue weighted by atomic mass is 9.85. The van der Waals surface area contributed by atoms with Crippen molar-refractivity contribution < 1.29 is 124 Å². The third-order valence-electron chi connectivity index (χ3n) is 5.83. The molecule has 0 aliphatic carbocycles. The van der Waals surface area contributed by atoms with E-state index in [1.165, 1.54) is 0 Å². The molecule has 28 heteroatoms. The third-order valence-corrected chi connectivity index (χ3v) is 5.83. The van der Waals surface area contributed by atoms with Crippen molar-refractivity contribution in [2.24, 2.45) is 0 Å². The van der Waals surface area contributed by atoms with Crippen LogP contribution in [0.2, 0.25) is 0 Å². The van der Waals surface area contributed by atoms with Gasteiger partial charge in [0.1, 0.15) is 5.75 Å². The molecule has 1 N–H and O–H groups in total. The van der Waals surface area contributed by atoms with Gasteiger partial charge >= 0.3 is 71.6 Å². The molecule has 1 rings (SSSR count). The smallest absolute Gasteiger partial charge is 0.460 e. The van der Waals surface area contributed by atoms with Crippen LogP contribution >= 0.6 is 0 Å². The van der Waals surface area contributed by atoms with E-state index in [2.05, 4.69) is 0 Å². The van der Waals surface area contributed by atoms with Crippen molar-refractivity contribution in [3.8, 4) is 5.75 Å². The van der Waals surface area contributed by atoms with Crippen molar-refractivity contribution in [2.45, 2.75) is 71.6 Å². The van der Waals surface area contributed by atoms with Crippen LogP contribution in [0.3, 0.4) is 0 Å². The molecule has 0 saturated heterocycles. The van der Waals surface area contributed by atoms with Crippen molar-refractivity contribution in [2.75, 3.05) is 0 Å². The highest BCUT2D eigenvalue weighted by molar-refractivity contribution is 5.81. The summed E-state index contributed by atoms with van der Waals surface area (Å²) in [6.45, 7) is 0. The van der Waals surface area contributed by atoms with E-state index in [1.54, 1.807) is 0 Å². The van der Waals surface area contributed by atoms with Crippen LogP contribution in [-0.2, 0) is 11.8 Å². The lowest BCUT2D eigenvalue weighted by Crippen LogP contribution is -2.69. The molecule has 1 aromatic rings. The van der Waals surface area contributed by atoms with Gasteiger partial charge in [0, 0.05) is 5.56 Å². The number of phenolic OH excluding ortho intramolecular Hbond substituents is 1. The summed E-state index contributed by atoms with van der Waals surface area (Å²) in [4.78, 5) is 10.9. The van der Waals surface area contributed by atoms with Crippen molar-refractivity contribution >= 4 is 6.29 Å². The zero-order chi connectivity index (χ0) is 38.4. The third kappa shape index (κ3) is 5.24. The Balaban J connectivity index is 4.17. The Bertz CT molecular complexity index is 1350. The van der Waals surface area contributed by atoms with Crippen molar-refractivity contribution in [1.29, 1.82) is 0 Å². The Morgan fingerprint density at radius 1 is 0.404 bits per heavy atom. The Morgan fingerprint density at radius 2 is 0.681 bits per heavy atom. The number of alkyl halides is 26. The fourth-order valence-corrected chi connectivity index (χ4v) is 3.06. The molecule has 0 aliphatic heterocycles. The predicted molar refractivity (Wildman–Crippen MR) is 93.0 cm³/mol. The van der Waals surface area contributed by atoms with Crippen molar-refractivity contribution in [1.82, 2.24) is 0 Å². The number of benzene rings is 1. The highest BCUT2D eigenvalue weighted by Gasteiger charge is 2.92. The first-order valence-electron chi connectivity index (χ1n) is 10.3. The fourth-order valence-electron chi connectivity index (χ4n) is 3.06. The number of carbonyl (C=O) groups is 1. The van der Waals surface area contributed by atoms with Gasteiger partial charge in [-0.2, -0.15) is 114 Å². The van der Waals surface area contributed by atoms with Gasteiger partial charge in [-0.05, 0) is 12.1 Å². The van der Waals surface area contributed by atoms with E-state index < -0.39 is 112 Å². The van der Waals surface area contributed by atoms with Crippen LogP contribution in [-0.4, -0.2) is 71.1 Å². The zero-order valence-corrected chi connectivity index (χ0v) is 20.4. The molecule has 0 saturated carbocycles. The summed E-state index contributed by atoms with van der Waals surface area (Å²) in [6, 6.07) is -3.62. The lowest BCUT2D eigenvalue weighted by molar-refractivity contribution is -0.442. The number of aldehydes is 1. The van der Waals surface area contributed by atoms with Gasteiger partial charge in [0.25, 0.3) is 0 Å². The first-order valence-corrected chi connectivity index (χ1v) is 10.3. The second kappa shape index (κ2) is 10.7. The molecule has 47 heavy (non-hydrogen) atoms. The maximum Gasteiger partial charge on any atom is 0.460 e. The summed E-state index contributed by atoms with van der Waals surface area (Å²) >= 11 is 0. The minimum atomic E-state index is -8.81. The topological polar surface area (TPSA) is 37.3 Å². The quantitative estimate of drug-likeness (QED) is 0.181. The molecule has 0 amide bonds. The van der Waals surface area contributed by atoms with Crippen LogP contribution < -0.4 is 0 Å². The first-order chi connectivity index (χ1) is 20.1. The van der Waals surface area contributed by atoms with E-state index >= 15 is 0 Å². The minimum absolute atomic E-state index is 1.44. The molecule has 0 aromatic heterocycles. The SMILES string of the molecule is O=Cc1cc(C(F)(F)C(F)(F)C(F)(F)C(F)(F)C(F)(F)C(F)(F)F)cc(C(F)(F)C(F)(F)C(F)(F)C(F)(F)C(F)(F)C(F)(F)F)c1O. The molecule has 0 spiro atoms. The number of halogens is 26. The van der Waals surface area contributed by atoms with Gasteiger partial charge in [-0.3, -0.25) is 4.79 Å². The highest BCUT2D eigenvalue weighted by Crippen LogP contribution is 2.65. The summed E-state index contributed by atoms with van der Waals surface area (Å²) < 4.78 is 348. The fraction of sp³-hybridized carbons (Fsp3) is 0.632. The molecular formula is C19H4F26O2. The van der Waals surface area contributed by atoms with Gasteiger partial charge in [-0.25, -0.2) is 0 Å². The predicted octanol–water partition coefficient (Wildman–Crippen LogP) is 9.60. The number of rotatable bonds is 11. The van der Waals surface area contributed by atoms with Crippen LogP contribution in [0.15, 0.2) is 12.1 Å². The standard InChI is InChI=1S/C19H4F26O2/c20-8(21,10(24,25)12(28,29)14(32,33)16(36,37)18(40,41)42)5-1-4(3-46)7(47)6(2-5)9(22,23)11(26,27)13(30,31)15(34,35)17(38,39)19(43,44)45/h1-3,47H. The lowest BCUT2D eigenvalue weighted by Gasteiger charge is -2.41. The molecule has 0 radical (unpaired) electrons. The monoisotopic (exact) mass is 758 g/mol. The number of phenols is 1. The number of hydrogen-bond acceptors (Lipinski definition) is 2. The van der Waals surface area contributed by atoms with Gasteiger partial charge in [-0.15, -0.1) is 0 Å². The summed E-state index contributed by atoms with van der Waals surface area (Å²) in [7, 11) is 0. The Kier molecular flexibility index (Phi) is 9.52. The first kappa shape index (κ1) is 41.9. The summed E-state index contributed by atoms with van der Waals surface area (Å²) in [5, 5.41) is 9.39. The number of aromatic hydroxyl groups is 1. The van der Waals surface area contributed by atoms with E-state index in [9.17, 15) is 124 Å². The molecule has 0 fully saturated rings. The molecule has 0 heterocycles. The molecule has 2 nitrogen and oxygen atoms in total. The van der Waals surface area contributed by atoms with E-state index in [4.69, 9.17) is 0 Å². The second-order valence-electron chi connectivity index (χ2n) is 8.82. The molecule has 0 atom stereocenters. The average molecular weight is 758 g/mol. The van der Waals surface area contributed by atoms with Crippen LogP contribution in [0.4, 0.5) is 114 Å². The van der Waals surface area contributed by atoms with Gasteiger partial charge in [0.2, 0.25) is 0 Å². The van der Waals surface area contributed by atoms with Gasteiger partial charge in [0.15, 0.2) is 6.29 Å². The second-order valence-corrected chi connectivity index (χ2v) is 8.82. The van der Waals surface area contributed by atoms with Crippen LogP contribution in [0, 0.1) is 0 Å². The largest absolute Gasteiger partial charge is 0.507 e. The van der Waals surface area contributed by atoms with E-state index in [-0.39, 0.29) is 0 Å². The number of carbonyl (C=O) groups excluding carboxylic acids is 1. The van der Waals surface area contributed by atoms with Gasteiger partial charge < -0.3 is 5.11 Å². The van der Waals surface area contributed by atoms with Crippen molar-refractivity contribution in [3.63, 3.8) is 0 Å². The van der Waals surface area contributed by atoms with E-state index in [0.29, 0.717) is 0 Å². The molecule has 1 aromatic carbocycles. The Morgan fingerprint density at radius 3 is 0.957 bits per heavy atom. The summed E-state index contributed by atoms with van der Waals surface area (Å²) in [6.07, 6.45) is -17.5. The van der Waals surface area contributed by atoms with Gasteiger partial charge in [-0.1, -0.05) is 0 Å². The summed E-state index contributed by atoms with van der Waals surface area (Å²) in [5.41, 5.74) is -10.8. The van der Waals surface area contributed by atoms with Crippen LogP contribution in [0.5, 0.6) is 5.75 Å². The average Bonchev–Trinajstić information content (AvgIpc) is 2.86. The maximum atomic E-state index is 14.5. The molecule has 0 unspecified atom stereocenters. The van der Waals surface area contributed by atoms with Crippen LogP contribution in [0.1, 0.15) is 21.5 Å². The zero-order valence-electron chi connectivity index (χ0n) is 20.4. The Hall–Kier alpha value is -3.13. The van der Waals surface area contributed by atoms with E-state index in [0.717, 1.165) is 0 Å². The highest BCUT2D eigenvalue weighted by atomic mass is 19.4. The Labute approximate surface area is 237 Å².